The molecule has 1 atom stereocenters. The smallest absolute Gasteiger partial charge is 0.335 e. The zero-order valence-electron chi connectivity index (χ0n) is 20.9. The fraction of sp³-hybridized carbons (Fsp3) is 0.100. The Labute approximate surface area is 227 Å². The van der Waals surface area contributed by atoms with Gasteiger partial charge in [-0.15, -0.1) is 5.10 Å². The Balaban J connectivity index is 1.38. The second-order valence-electron chi connectivity index (χ2n) is 9.36. The molecule has 39 heavy (non-hydrogen) atoms. The van der Waals surface area contributed by atoms with Gasteiger partial charge in [0.05, 0.1) is 23.7 Å². The minimum absolute atomic E-state index is 0.194. The third kappa shape index (κ3) is 4.87. The molecule has 4 aromatic carbocycles. The average Bonchev–Trinajstić information content (AvgIpc) is 3.63. The van der Waals surface area contributed by atoms with E-state index in [-0.39, 0.29) is 17.5 Å². The van der Waals surface area contributed by atoms with E-state index in [1.807, 2.05) is 36.6 Å². The molecule has 9 heteroatoms. The molecule has 0 bridgehead atoms. The second kappa shape index (κ2) is 10.1. The van der Waals surface area contributed by atoms with Gasteiger partial charge in [0.1, 0.15) is 11.0 Å². The van der Waals surface area contributed by atoms with Crippen LogP contribution in [-0.2, 0) is 6.54 Å². The highest BCUT2D eigenvalue weighted by atomic mass is 32.1. The molecule has 0 aliphatic rings. The molecule has 2 heterocycles. The van der Waals surface area contributed by atoms with Crippen molar-refractivity contribution < 1.29 is 14.7 Å². The normalized spacial score (nSPS) is 12.0. The molecule has 0 radical (unpaired) electrons. The van der Waals surface area contributed by atoms with Gasteiger partial charge < -0.3 is 10.4 Å². The summed E-state index contributed by atoms with van der Waals surface area (Å²) in [6.07, 6.45) is 1.76. The van der Waals surface area contributed by atoms with E-state index >= 15 is 0 Å². The minimum Gasteiger partial charge on any atom is -0.478 e. The number of nitrogens with one attached hydrogen (secondary N) is 1. The molecule has 192 valence electrons. The molecule has 0 spiro atoms. The Morgan fingerprint density at radius 2 is 1.77 bits per heavy atom. The van der Waals surface area contributed by atoms with Crippen LogP contribution in [0.25, 0.3) is 32.9 Å². The fourth-order valence-corrected chi connectivity index (χ4v) is 5.24. The molecule has 0 aliphatic heterocycles. The number of carbonyl (C=O) groups excluding carboxylic acids is 1. The number of benzene rings is 4. The van der Waals surface area contributed by atoms with Gasteiger partial charge in [-0.2, -0.15) is 0 Å². The Hall–Kier alpha value is -4.89. The van der Waals surface area contributed by atoms with Gasteiger partial charge in [-0.25, -0.2) is 13.8 Å². The van der Waals surface area contributed by atoms with Crippen LogP contribution in [0.3, 0.4) is 0 Å². The number of nitrogens with zero attached hydrogens (tertiary/aromatic N) is 4. The van der Waals surface area contributed by atoms with Crippen LogP contribution in [0.4, 0.5) is 0 Å². The molecule has 2 N–H and O–H groups in total. The lowest BCUT2D eigenvalue weighted by Crippen LogP contribution is -2.27. The van der Waals surface area contributed by atoms with Gasteiger partial charge in [-0.3, -0.25) is 4.79 Å². The maximum Gasteiger partial charge on any atom is 0.335 e. The summed E-state index contributed by atoms with van der Waals surface area (Å²) in [5, 5.41) is 25.3. The Morgan fingerprint density at radius 1 is 0.974 bits per heavy atom. The lowest BCUT2D eigenvalue weighted by molar-refractivity contribution is 0.0696. The molecular formula is C30H23N5O3S. The van der Waals surface area contributed by atoms with Crippen molar-refractivity contribution in [1.29, 1.82) is 0 Å². The first-order valence-electron chi connectivity index (χ1n) is 12.3. The molecule has 2 aromatic heterocycles. The van der Waals surface area contributed by atoms with E-state index in [0.717, 1.165) is 33.0 Å². The second-order valence-corrected chi connectivity index (χ2v) is 10.0. The van der Waals surface area contributed by atoms with Crippen LogP contribution < -0.4 is 5.32 Å². The molecule has 6 aromatic rings. The van der Waals surface area contributed by atoms with Gasteiger partial charge in [0.15, 0.2) is 0 Å². The van der Waals surface area contributed by atoms with E-state index in [4.69, 9.17) is 0 Å². The van der Waals surface area contributed by atoms with E-state index in [2.05, 4.69) is 50.3 Å². The SMILES string of the molecule is C[C@H](NC(=O)c1cc(-c2cnsc2)cc2nnn(Cc3ccc4ccccc4c3)c12)c1ccc(C(=O)O)cc1. The van der Waals surface area contributed by atoms with Crippen molar-refractivity contribution in [2.45, 2.75) is 19.5 Å². The summed E-state index contributed by atoms with van der Waals surface area (Å²) in [6, 6.07) is 24.3. The molecule has 1 amide bonds. The zero-order chi connectivity index (χ0) is 26.9. The van der Waals surface area contributed by atoms with Gasteiger partial charge in [0.25, 0.3) is 5.91 Å². The van der Waals surface area contributed by atoms with Gasteiger partial charge >= 0.3 is 5.97 Å². The van der Waals surface area contributed by atoms with E-state index in [1.54, 1.807) is 23.0 Å². The van der Waals surface area contributed by atoms with Gasteiger partial charge in [0.2, 0.25) is 0 Å². The first-order chi connectivity index (χ1) is 19.0. The monoisotopic (exact) mass is 533 g/mol. The topological polar surface area (TPSA) is 110 Å². The maximum absolute atomic E-state index is 13.7. The molecule has 0 aliphatic carbocycles. The number of rotatable bonds is 7. The van der Waals surface area contributed by atoms with Crippen LogP contribution in [-0.4, -0.2) is 36.4 Å². The van der Waals surface area contributed by atoms with Crippen LogP contribution in [0.5, 0.6) is 0 Å². The molecule has 8 nitrogen and oxygen atoms in total. The predicted octanol–water partition coefficient (Wildman–Crippen LogP) is 5.95. The van der Waals surface area contributed by atoms with E-state index in [1.165, 1.54) is 23.7 Å². The highest BCUT2D eigenvalue weighted by Crippen LogP contribution is 2.29. The van der Waals surface area contributed by atoms with Gasteiger partial charge in [0, 0.05) is 17.1 Å². The number of hydrogen-bond acceptors (Lipinski definition) is 6. The van der Waals surface area contributed by atoms with Crippen LogP contribution in [0.15, 0.2) is 90.4 Å². The summed E-state index contributed by atoms with van der Waals surface area (Å²) in [7, 11) is 0. The highest BCUT2D eigenvalue weighted by Gasteiger charge is 2.21. The molecular weight excluding hydrogens is 510 g/mol. The first kappa shape index (κ1) is 24.4. The number of aromatic nitrogens is 4. The molecule has 0 fully saturated rings. The summed E-state index contributed by atoms with van der Waals surface area (Å²) in [4.78, 5) is 24.9. The van der Waals surface area contributed by atoms with Crippen molar-refractivity contribution in [2.75, 3.05) is 0 Å². The summed E-state index contributed by atoms with van der Waals surface area (Å²) < 4.78 is 5.96. The third-order valence-electron chi connectivity index (χ3n) is 6.77. The maximum atomic E-state index is 13.7. The Bertz CT molecular complexity index is 1830. The lowest BCUT2D eigenvalue weighted by atomic mass is 10.0. The number of carbonyl (C=O) groups is 2. The number of carboxylic acid groups (broad SMARTS) is 1. The lowest BCUT2D eigenvalue weighted by Gasteiger charge is -2.16. The average molecular weight is 534 g/mol. The molecule has 0 unspecified atom stereocenters. The zero-order valence-corrected chi connectivity index (χ0v) is 21.7. The largest absolute Gasteiger partial charge is 0.478 e. The van der Waals surface area contributed by atoms with E-state index in [0.29, 0.717) is 23.1 Å². The summed E-state index contributed by atoms with van der Waals surface area (Å²) in [6.45, 7) is 2.31. The Kier molecular flexibility index (Phi) is 6.34. The van der Waals surface area contributed by atoms with Gasteiger partial charge in [-0.1, -0.05) is 53.7 Å². The number of fused-ring (bicyclic) bond motifs is 2. The molecule has 0 saturated heterocycles. The highest BCUT2D eigenvalue weighted by molar-refractivity contribution is 7.03. The number of aromatic carboxylic acids is 1. The van der Waals surface area contributed by atoms with Gasteiger partial charge in [-0.05, 0) is 76.3 Å². The minimum atomic E-state index is -0.993. The summed E-state index contributed by atoms with van der Waals surface area (Å²) in [5.41, 5.74) is 5.47. The predicted molar refractivity (Wildman–Crippen MR) is 151 cm³/mol. The van der Waals surface area contributed by atoms with Crippen molar-refractivity contribution in [3.05, 3.63) is 113 Å². The van der Waals surface area contributed by atoms with Crippen molar-refractivity contribution in [1.82, 2.24) is 24.7 Å². The number of amides is 1. The van der Waals surface area contributed by atoms with E-state index in [9.17, 15) is 14.7 Å². The van der Waals surface area contributed by atoms with Crippen molar-refractivity contribution >= 4 is 45.2 Å². The summed E-state index contributed by atoms with van der Waals surface area (Å²) in [5.74, 6) is -1.27. The molecule has 0 saturated carbocycles. The van der Waals surface area contributed by atoms with Crippen molar-refractivity contribution in [3.63, 3.8) is 0 Å². The van der Waals surface area contributed by atoms with Crippen molar-refractivity contribution in [2.24, 2.45) is 0 Å². The summed E-state index contributed by atoms with van der Waals surface area (Å²) >= 11 is 1.34. The van der Waals surface area contributed by atoms with Crippen LogP contribution >= 0.6 is 11.5 Å². The fourth-order valence-electron chi connectivity index (χ4n) is 4.69. The quantitative estimate of drug-likeness (QED) is 0.263. The first-order valence-corrected chi connectivity index (χ1v) is 13.2. The van der Waals surface area contributed by atoms with Crippen molar-refractivity contribution in [3.8, 4) is 11.1 Å². The number of carboxylic acids is 1. The Morgan fingerprint density at radius 3 is 2.51 bits per heavy atom. The molecule has 6 rings (SSSR count). The van der Waals surface area contributed by atoms with Crippen LogP contribution in [0, 0.1) is 0 Å². The van der Waals surface area contributed by atoms with Crippen LogP contribution in [0.1, 0.15) is 44.8 Å². The third-order valence-corrected chi connectivity index (χ3v) is 7.36. The van der Waals surface area contributed by atoms with Crippen LogP contribution in [0.2, 0.25) is 0 Å². The van der Waals surface area contributed by atoms with E-state index < -0.39 is 5.97 Å². The standard InChI is InChI=1S/C30H23N5O3S/c1-18(20-8-10-22(11-9-20)30(37)38)32-29(36)26-13-24(25-15-31-39-17-25)14-27-28(26)35(34-33-27)16-19-6-7-21-4-2-3-5-23(21)12-19/h2-15,17-18H,16H2,1H3,(H,32,36)(H,37,38)/t18-/m0/s1. The number of hydrogen-bond donors (Lipinski definition) is 2.